The van der Waals surface area contributed by atoms with Crippen LogP contribution in [0.4, 0.5) is 5.69 Å². The molecule has 0 unspecified atom stereocenters. The molecule has 0 bridgehead atoms. The molecule has 0 aliphatic carbocycles. The van der Waals surface area contributed by atoms with Gasteiger partial charge in [0, 0.05) is 11.6 Å². The fourth-order valence-corrected chi connectivity index (χ4v) is 1.09. The molecule has 0 heterocycles. The van der Waals surface area contributed by atoms with Crippen LogP contribution >= 0.6 is 0 Å². The lowest BCUT2D eigenvalue weighted by atomic mass is 10.1. The molecule has 0 fully saturated rings. The molecule has 0 spiro atoms. The number of rotatable bonds is 4. The molecule has 1 aromatic rings. The summed E-state index contributed by atoms with van der Waals surface area (Å²) in [4.78, 5) is 21.1. The van der Waals surface area contributed by atoms with Gasteiger partial charge < -0.3 is 4.74 Å². The van der Waals surface area contributed by atoms with E-state index in [4.69, 9.17) is 0 Å². The summed E-state index contributed by atoms with van der Waals surface area (Å²) in [7, 11) is 0. The van der Waals surface area contributed by atoms with Gasteiger partial charge in [-0.2, -0.15) is 0 Å². The number of hydrogen-bond donors (Lipinski definition) is 0. The third kappa shape index (κ3) is 3.05. The van der Waals surface area contributed by atoms with E-state index in [9.17, 15) is 14.9 Å². The molecule has 5 nitrogen and oxygen atoms in total. The van der Waals surface area contributed by atoms with Crippen molar-refractivity contribution in [1.29, 1.82) is 0 Å². The highest BCUT2D eigenvalue weighted by Crippen LogP contribution is 2.19. The van der Waals surface area contributed by atoms with Gasteiger partial charge in [-0.15, -0.1) is 0 Å². The molecule has 0 amide bonds. The van der Waals surface area contributed by atoms with Crippen molar-refractivity contribution in [3.05, 3.63) is 46.4 Å². The molecule has 0 N–H and O–H groups in total. The summed E-state index contributed by atoms with van der Waals surface area (Å²) < 4.78 is 4.66. The number of carbonyl (C=O) groups is 1. The van der Waals surface area contributed by atoms with Crippen molar-refractivity contribution < 1.29 is 14.5 Å². The van der Waals surface area contributed by atoms with E-state index in [1.807, 2.05) is 0 Å². The van der Waals surface area contributed by atoms with Gasteiger partial charge in [0.2, 0.25) is 0 Å². The monoisotopic (exact) mass is 208 g/mol. The van der Waals surface area contributed by atoms with Crippen molar-refractivity contribution in [3.63, 3.8) is 0 Å². The van der Waals surface area contributed by atoms with Gasteiger partial charge in [0.25, 0.3) is 5.69 Å². The largest absolute Gasteiger partial charge is 0.465 e. The van der Waals surface area contributed by atoms with Gasteiger partial charge in [0.1, 0.15) is 6.42 Å². The Morgan fingerprint density at radius 3 is 2.80 bits per heavy atom. The number of nitro benzene ring substituents is 1. The molecule has 0 aliphatic heterocycles. The molecule has 1 radical (unpaired) electrons. The first kappa shape index (κ1) is 11.2. The quantitative estimate of drug-likeness (QED) is 0.429. The number of hydrogen-bond acceptors (Lipinski definition) is 4. The number of nitro groups is 1. The van der Waals surface area contributed by atoms with Crippen molar-refractivity contribution in [2.24, 2.45) is 0 Å². The van der Waals surface area contributed by atoms with Crippen molar-refractivity contribution in [2.75, 3.05) is 6.61 Å². The third-order valence-electron chi connectivity index (χ3n) is 1.69. The number of carbonyl (C=O) groups excluding carboxylic acids is 1. The predicted molar refractivity (Wildman–Crippen MR) is 53.1 cm³/mol. The normalized spacial score (nSPS) is 9.67. The molecule has 5 heteroatoms. The van der Waals surface area contributed by atoms with Crippen LogP contribution < -0.4 is 0 Å². The Morgan fingerprint density at radius 1 is 1.53 bits per heavy atom. The lowest BCUT2D eigenvalue weighted by Gasteiger charge is -2.01. The van der Waals surface area contributed by atoms with Gasteiger partial charge >= 0.3 is 5.97 Å². The number of esters is 1. The summed E-state index contributed by atoms with van der Waals surface area (Å²) in [6, 6.07) is 6.00. The molecule has 15 heavy (non-hydrogen) atoms. The first-order chi connectivity index (χ1) is 7.15. The summed E-state index contributed by atoms with van der Waals surface area (Å²) in [6.07, 6.45) is 1.11. The summed E-state index contributed by atoms with van der Waals surface area (Å²) in [6.45, 7) is 1.92. The Labute approximate surface area is 86.8 Å². The van der Waals surface area contributed by atoms with Crippen LogP contribution in [0.3, 0.4) is 0 Å². The lowest BCUT2D eigenvalue weighted by Crippen LogP contribution is -2.06. The minimum Gasteiger partial charge on any atom is -0.465 e. The zero-order valence-corrected chi connectivity index (χ0v) is 8.17. The van der Waals surface area contributed by atoms with Crippen molar-refractivity contribution in [1.82, 2.24) is 0 Å². The highest BCUT2D eigenvalue weighted by Gasteiger charge is 2.16. The Hall–Kier alpha value is -1.91. The maximum Gasteiger partial charge on any atom is 0.314 e. The molecule has 1 aromatic carbocycles. The van der Waals surface area contributed by atoms with Crippen molar-refractivity contribution in [2.45, 2.75) is 6.92 Å². The molecule has 0 aromatic heterocycles. The minimum atomic E-state index is -0.577. The van der Waals surface area contributed by atoms with E-state index < -0.39 is 10.9 Å². The van der Waals surface area contributed by atoms with Crippen LogP contribution in [0.5, 0.6) is 0 Å². The maximum absolute atomic E-state index is 11.1. The van der Waals surface area contributed by atoms with Gasteiger partial charge in [-0.3, -0.25) is 14.9 Å². The van der Waals surface area contributed by atoms with E-state index in [1.54, 1.807) is 19.1 Å². The first-order valence-electron chi connectivity index (χ1n) is 4.40. The smallest absolute Gasteiger partial charge is 0.314 e. The minimum absolute atomic E-state index is 0.106. The van der Waals surface area contributed by atoms with Crippen molar-refractivity contribution >= 4 is 11.7 Å². The predicted octanol–water partition coefficient (Wildman–Crippen LogP) is 1.71. The highest BCUT2D eigenvalue weighted by atomic mass is 16.6. The van der Waals surface area contributed by atoms with Crippen LogP contribution in [0, 0.1) is 16.5 Å². The molecule has 0 aliphatic rings. The lowest BCUT2D eigenvalue weighted by molar-refractivity contribution is -0.385. The van der Waals surface area contributed by atoms with Crippen LogP contribution in [0.15, 0.2) is 24.3 Å². The van der Waals surface area contributed by atoms with Gasteiger partial charge in [0.05, 0.1) is 11.5 Å². The summed E-state index contributed by atoms with van der Waals surface area (Å²) in [5.41, 5.74) is 0.145. The number of benzene rings is 1. The van der Waals surface area contributed by atoms with Crippen LogP contribution in [0.2, 0.25) is 0 Å². The Balaban J connectivity index is 2.84. The fraction of sp³-hybridized carbons (Fsp3) is 0.200. The SMILES string of the molecule is CCOC(=O)[CH]c1ccccc1[N+](=O)[O-]. The average Bonchev–Trinajstić information content (AvgIpc) is 2.18. The Bertz CT molecular complexity index is 375. The molecule has 1 rings (SSSR count). The number of nitrogens with zero attached hydrogens (tertiary/aromatic N) is 1. The van der Waals surface area contributed by atoms with E-state index in [2.05, 4.69) is 4.74 Å². The van der Waals surface area contributed by atoms with Gasteiger partial charge in [0.15, 0.2) is 0 Å². The average molecular weight is 208 g/mol. The molecule has 0 saturated carbocycles. The second kappa shape index (κ2) is 5.09. The molecule has 0 saturated heterocycles. The third-order valence-corrected chi connectivity index (χ3v) is 1.69. The van der Waals surface area contributed by atoms with E-state index in [1.165, 1.54) is 12.1 Å². The number of para-hydroxylation sites is 1. The number of ether oxygens (including phenoxy) is 1. The van der Waals surface area contributed by atoms with E-state index in [0.717, 1.165) is 6.42 Å². The second-order valence-electron chi connectivity index (χ2n) is 2.71. The Kier molecular flexibility index (Phi) is 3.79. The molecular formula is C10H10NO4. The van der Waals surface area contributed by atoms with Crippen LogP contribution in [-0.2, 0) is 9.53 Å². The zero-order chi connectivity index (χ0) is 11.3. The summed E-state index contributed by atoms with van der Waals surface area (Å²) in [5.74, 6) is -0.577. The van der Waals surface area contributed by atoms with E-state index in [-0.39, 0.29) is 17.9 Å². The van der Waals surface area contributed by atoms with Crippen LogP contribution in [0.1, 0.15) is 12.5 Å². The van der Waals surface area contributed by atoms with Crippen molar-refractivity contribution in [3.8, 4) is 0 Å². The van der Waals surface area contributed by atoms with Crippen LogP contribution in [0.25, 0.3) is 0 Å². The maximum atomic E-state index is 11.1. The van der Waals surface area contributed by atoms with Crippen LogP contribution in [-0.4, -0.2) is 17.5 Å². The molecule has 0 atom stereocenters. The zero-order valence-electron chi connectivity index (χ0n) is 8.17. The Morgan fingerprint density at radius 2 is 2.20 bits per heavy atom. The first-order valence-corrected chi connectivity index (χ1v) is 4.40. The summed E-state index contributed by atoms with van der Waals surface area (Å²) >= 11 is 0. The van der Waals surface area contributed by atoms with E-state index >= 15 is 0 Å². The summed E-state index contributed by atoms with van der Waals surface area (Å²) in [5, 5.41) is 10.6. The van der Waals surface area contributed by atoms with Gasteiger partial charge in [-0.25, -0.2) is 0 Å². The standard InChI is InChI=1S/C10H10NO4/c1-2-15-10(12)7-8-5-3-4-6-9(8)11(13)14/h3-7H,2H2,1H3. The van der Waals surface area contributed by atoms with Gasteiger partial charge in [-0.05, 0) is 6.92 Å². The molecular weight excluding hydrogens is 198 g/mol. The molecule has 79 valence electrons. The highest BCUT2D eigenvalue weighted by molar-refractivity contribution is 5.84. The van der Waals surface area contributed by atoms with E-state index in [0.29, 0.717) is 0 Å². The topological polar surface area (TPSA) is 69.4 Å². The second-order valence-corrected chi connectivity index (χ2v) is 2.71. The van der Waals surface area contributed by atoms with Gasteiger partial charge in [-0.1, -0.05) is 18.2 Å². The fourth-order valence-electron chi connectivity index (χ4n) is 1.09.